The van der Waals surface area contributed by atoms with Crippen LogP contribution in [-0.4, -0.2) is 36.5 Å². The molecule has 0 saturated carbocycles. The first-order chi connectivity index (χ1) is 13.4. The lowest BCUT2D eigenvalue weighted by molar-refractivity contribution is -0.0179. The van der Waals surface area contributed by atoms with Crippen LogP contribution < -0.4 is 18.9 Å². The number of anilines is 1. The quantitative estimate of drug-likeness (QED) is 0.752. The van der Waals surface area contributed by atoms with E-state index in [1.54, 1.807) is 32.2 Å². The predicted octanol–water partition coefficient (Wildman–Crippen LogP) is 2.83. The van der Waals surface area contributed by atoms with E-state index >= 15 is 0 Å². The summed E-state index contributed by atoms with van der Waals surface area (Å²) in [5.74, 6) is 1.46. The summed E-state index contributed by atoms with van der Waals surface area (Å²) in [6, 6.07) is 6.46. The van der Waals surface area contributed by atoms with Crippen LogP contribution in [0.1, 0.15) is 16.7 Å². The van der Waals surface area contributed by atoms with E-state index in [0.29, 0.717) is 35.1 Å². The number of sulfonamides is 1. The molecule has 28 heavy (non-hydrogen) atoms. The molecule has 0 aromatic heterocycles. The molecular weight excluding hydrogens is 386 g/mol. The summed E-state index contributed by atoms with van der Waals surface area (Å²) >= 11 is 0. The number of hydrogen-bond acceptors (Lipinski definition) is 7. The number of rotatable bonds is 7. The Kier molecular flexibility index (Phi) is 5.97. The molecule has 0 bridgehead atoms. The van der Waals surface area contributed by atoms with Gasteiger partial charge in [0, 0.05) is 30.0 Å². The minimum Gasteiger partial charge on any atom is -0.493 e. The maximum atomic E-state index is 13.0. The van der Waals surface area contributed by atoms with Crippen LogP contribution in [0.5, 0.6) is 17.2 Å². The summed E-state index contributed by atoms with van der Waals surface area (Å²) in [5.41, 5.74) is 2.42. The van der Waals surface area contributed by atoms with Crippen LogP contribution in [0.3, 0.4) is 0 Å². The number of benzene rings is 2. The molecule has 9 heteroatoms. The Labute approximate surface area is 164 Å². The van der Waals surface area contributed by atoms with Gasteiger partial charge in [0.2, 0.25) is 0 Å². The molecule has 152 valence electrons. The molecule has 1 heterocycles. The average molecular weight is 409 g/mol. The van der Waals surface area contributed by atoms with Crippen LogP contribution in [0.15, 0.2) is 29.2 Å². The van der Waals surface area contributed by atoms with Crippen molar-refractivity contribution >= 4 is 15.7 Å². The van der Waals surface area contributed by atoms with Crippen molar-refractivity contribution in [1.82, 2.24) is 0 Å². The molecule has 1 aliphatic heterocycles. The molecule has 0 unspecified atom stereocenters. The highest BCUT2D eigenvalue weighted by molar-refractivity contribution is 7.92. The second-order valence-corrected chi connectivity index (χ2v) is 7.90. The van der Waals surface area contributed by atoms with Gasteiger partial charge >= 0.3 is 0 Å². The van der Waals surface area contributed by atoms with E-state index < -0.39 is 10.0 Å². The van der Waals surface area contributed by atoms with Gasteiger partial charge in [0.1, 0.15) is 5.75 Å². The maximum absolute atomic E-state index is 13.0. The van der Waals surface area contributed by atoms with E-state index in [1.807, 2.05) is 0 Å². The number of nitrogens with one attached hydrogen (secondary N) is 1. The Morgan fingerprint density at radius 1 is 1.07 bits per heavy atom. The second-order valence-electron chi connectivity index (χ2n) is 6.25. The maximum Gasteiger partial charge on any atom is 0.262 e. The van der Waals surface area contributed by atoms with E-state index in [0.717, 1.165) is 11.1 Å². The minimum absolute atomic E-state index is 0.101. The predicted molar refractivity (Wildman–Crippen MR) is 103 cm³/mol. The third-order valence-corrected chi connectivity index (χ3v) is 5.83. The summed E-state index contributed by atoms with van der Waals surface area (Å²) in [7, 11) is 0.651. The van der Waals surface area contributed by atoms with Crippen molar-refractivity contribution in [3.63, 3.8) is 0 Å². The molecule has 3 rings (SSSR count). The summed E-state index contributed by atoms with van der Waals surface area (Å²) in [6.07, 6.45) is 0. The van der Waals surface area contributed by atoms with Gasteiger partial charge in [-0.15, -0.1) is 0 Å². The average Bonchev–Trinajstić information content (AvgIpc) is 2.67. The monoisotopic (exact) mass is 409 g/mol. The van der Waals surface area contributed by atoms with Crippen LogP contribution in [0.4, 0.5) is 5.69 Å². The number of fused-ring (bicyclic) bond motifs is 1. The van der Waals surface area contributed by atoms with E-state index in [4.69, 9.17) is 23.7 Å². The van der Waals surface area contributed by atoms with Crippen molar-refractivity contribution in [3.8, 4) is 17.2 Å². The molecule has 1 aliphatic rings. The number of hydrogen-bond donors (Lipinski definition) is 1. The standard InChI is InChI=1S/C19H23NO7S/c1-12-5-16(24-3)17(25-4)8-18(12)28(21,22)20-15-6-13(9-23-2)19-14(7-15)10-26-11-27-19/h5-8,20H,9-11H2,1-4H3. The summed E-state index contributed by atoms with van der Waals surface area (Å²) in [6.45, 7) is 2.46. The van der Waals surface area contributed by atoms with Crippen LogP contribution in [-0.2, 0) is 32.7 Å². The Hall–Kier alpha value is -2.49. The molecule has 0 saturated heterocycles. The molecule has 0 fully saturated rings. The summed E-state index contributed by atoms with van der Waals surface area (Å²) < 4.78 is 55.2. The van der Waals surface area contributed by atoms with Crippen molar-refractivity contribution in [2.75, 3.05) is 32.8 Å². The zero-order valence-electron chi connectivity index (χ0n) is 16.2. The molecule has 0 aliphatic carbocycles. The fourth-order valence-electron chi connectivity index (χ4n) is 3.08. The molecule has 1 N–H and O–H groups in total. The van der Waals surface area contributed by atoms with Gasteiger partial charge in [-0.25, -0.2) is 8.42 Å². The fraction of sp³-hybridized carbons (Fsp3) is 0.368. The highest BCUT2D eigenvalue weighted by Crippen LogP contribution is 2.35. The number of aryl methyl sites for hydroxylation is 1. The Balaban J connectivity index is 2.00. The van der Waals surface area contributed by atoms with Crippen molar-refractivity contribution in [2.45, 2.75) is 25.0 Å². The van der Waals surface area contributed by atoms with Crippen LogP contribution in [0.2, 0.25) is 0 Å². The molecule has 0 atom stereocenters. The number of ether oxygens (including phenoxy) is 5. The molecule has 0 spiro atoms. The smallest absolute Gasteiger partial charge is 0.262 e. The highest BCUT2D eigenvalue weighted by Gasteiger charge is 2.23. The SMILES string of the molecule is COCc1cc(NS(=O)(=O)c2cc(OC)c(OC)cc2C)cc2c1OCOC2. The van der Waals surface area contributed by atoms with E-state index in [1.165, 1.54) is 20.3 Å². The molecule has 0 amide bonds. The van der Waals surface area contributed by atoms with Gasteiger partial charge in [-0.1, -0.05) is 0 Å². The molecular formula is C19H23NO7S. The Bertz CT molecular complexity index is 973. The van der Waals surface area contributed by atoms with Crippen LogP contribution >= 0.6 is 0 Å². The lowest BCUT2D eigenvalue weighted by atomic mass is 10.1. The Morgan fingerprint density at radius 3 is 2.46 bits per heavy atom. The number of methoxy groups -OCH3 is 3. The first-order valence-electron chi connectivity index (χ1n) is 8.50. The van der Waals surface area contributed by atoms with Crippen molar-refractivity contribution in [1.29, 1.82) is 0 Å². The van der Waals surface area contributed by atoms with Gasteiger partial charge in [0.25, 0.3) is 10.0 Å². The van der Waals surface area contributed by atoms with Gasteiger partial charge in [-0.2, -0.15) is 0 Å². The molecule has 0 radical (unpaired) electrons. The molecule has 8 nitrogen and oxygen atoms in total. The lowest BCUT2D eigenvalue weighted by Crippen LogP contribution is -2.17. The normalized spacial score (nSPS) is 13.4. The fourth-order valence-corrected chi connectivity index (χ4v) is 4.37. The third-order valence-electron chi connectivity index (χ3n) is 4.31. The van der Waals surface area contributed by atoms with E-state index in [-0.39, 0.29) is 18.3 Å². The minimum atomic E-state index is -3.87. The molecule has 2 aromatic carbocycles. The Morgan fingerprint density at radius 2 is 1.79 bits per heavy atom. The largest absolute Gasteiger partial charge is 0.493 e. The first-order valence-corrected chi connectivity index (χ1v) is 9.98. The van der Waals surface area contributed by atoms with Gasteiger partial charge in [0.15, 0.2) is 18.3 Å². The summed E-state index contributed by atoms with van der Waals surface area (Å²) in [4.78, 5) is 0.101. The van der Waals surface area contributed by atoms with Crippen molar-refractivity contribution in [2.24, 2.45) is 0 Å². The molecule has 2 aromatic rings. The van der Waals surface area contributed by atoms with Gasteiger partial charge in [-0.05, 0) is 30.7 Å². The van der Waals surface area contributed by atoms with Gasteiger partial charge < -0.3 is 23.7 Å². The zero-order chi connectivity index (χ0) is 20.3. The first kappa shape index (κ1) is 20.2. The zero-order valence-corrected chi connectivity index (χ0v) is 17.0. The van der Waals surface area contributed by atoms with Crippen LogP contribution in [0.25, 0.3) is 0 Å². The van der Waals surface area contributed by atoms with E-state index in [2.05, 4.69) is 4.72 Å². The van der Waals surface area contributed by atoms with E-state index in [9.17, 15) is 8.42 Å². The summed E-state index contributed by atoms with van der Waals surface area (Å²) in [5, 5.41) is 0. The van der Waals surface area contributed by atoms with Crippen molar-refractivity contribution < 1.29 is 32.1 Å². The van der Waals surface area contributed by atoms with Crippen molar-refractivity contribution in [3.05, 3.63) is 41.0 Å². The third kappa shape index (κ3) is 4.01. The lowest BCUT2D eigenvalue weighted by Gasteiger charge is -2.22. The second kappa shape index (κ2) is 8.26. The van der Waals surface area contributed by atoms with Gasteiger partial charge in [0.05, 0.1) is 32.3 Å². The highest BCUT2D eigenvalue weighted by atomic mass is 32.2. The van der Waals surface area contributed by atoms with Gasteiger partial charge in [-0.3, -0.25) is 4.72 Å². The van der Waals surface area contributed by atoms with Crippen LogP contribution in [0, 0.1) is 6.92 Å². The topological polar surface area (TPSA) is 92.3 Å².